The first-order valence-electron chi connectivity index (χ1n) is 6.12. The summed E-state index contributed by atoms with van der Waals surface area (Å²) in [5.74, 6) is -0.319. The third-order valence-corrected chi connectivity index (χ3v) is 2.95. The van der Waals surface area contributed by atoms with Crippen LogP contribution in [0.1, 0.15) is 27.9 Å². The molecule has 0 aromatic heterocycles. The van der Waals surface area contributed by atoms with E-state index < -0.39 is 0 Å². The average Bonchev–Trinajstić information content (AvgIpc) is 2.39. The standard InChI is InChI=1S/C14H18O4/c1-10-4-5-12(14(15)16-2)11(8-10)9-13-17-6-3-7-18-13/h4-5,8,13H,3,6-7,9H2,1-2H3. The van der Waals surface area contributed by atoms with Crippen LogP contribution in [0.3, 0.4) is 0 Å². The van der Waals surface area contributed by atoms with Crippen LogP contribution in [0.15, 0.2) is 18.2 Å². The van der Waals surface area contributed by atoms with E-state index in [-0.39, 0.29) is 12.3 Å². The lowest BCUT2D eigenvalue weighted by Crippen LogP contribution is -2.27. The van der Waals surface area contributed by atoms with Crippen LogP contribution in [-0.4, -0.2) is 32.6 Å². The minimum atomic E-state index is -0.319. The number of hydrogen-bond acceptors (Lipinski definition) is 4. The van der Waals surface area contributed by atoms with Gasteiger partial charge in [0.1, 0.15) is 0 Å². The van der Waals surface area contributed by atoms with Gasteiger partial charge in [0.25, 0.3) is 0 Å². The molecule has 4 heteroatoms. The molecular formula is C14H18O4. The average molecular weight is 250 g/mol. The molecule has 2 rings (SSSR count). The van der Waals surface area contributed by atoms with Gasteiger partial charge in [-0.1, -0.05) is 17.7 Å². The minimum Gasteiger partial charge on any atom is -0.465 e. The van der Waals surface area contributed by atoms with Crippen LogP contribution in [0.25, 0.3) is 0 Å². The number of benzene rings is 1. The Bertz CT molecular complexity index is 422. The zero-order valence-electron chi connectivity index (χ0n) is 10.8. The highest BCUT2D eigenvalue weighted by molar-refractivity contribution is 5.91. The zero-order chi connectivity index (χ0) is 13.0. The predicted octanol–water partition coefficient (Wildman–Crippen LogP) is 2.09. The third kappa shape index (κ3) is 3.09. The Kier molecular flexibility index (Phi) is 4.33. The van der Waals surface area contributed by atoms with E-state index in [1.165, 1.54) is 7.11 Å². The summed E-state index contributed by atoms with van der Waals surface area (Å²) in [4.78, 5) is 11.7. The van der Waals surface area contributed by atoms with Crippen molar-refractivity contribution in [3.05, 3.63) is 34.9 Å². The van der Waals surface area contributed by atoms with Crippen molar-refractivity contribution in [3.8, 4) is 0 Å². The van der Waals surface area contributed by atoms with Gasteiger partial charge in [-0.3, -0.25) is 0 Å². The Balaban J connectivity index is 2.18. The first-order chi connectivity index (χ1) is 8.70. The monoisotopic (exact) mass is 250 g/mol. The molecule has 0 saturated carbocycles. The Morgan fingerprint density at radius 3 is 2.78 bits per heavy atom. The lowest BCUT2D eigenvalue weighted by molar-refractivity contribution is -0.176. The lowest BCUT2D eigenvalue weighted by atomic mass is 10.0. The minimum absolute atomic E-state index is 0.260. The molecule has 0 spiro atoms. The van der Waals surface area contributed by atoms with Gasteiger partial charge < -0.3 is 14.2 Å². The van der Waals surface area contributed by atoms with Gasteiger partial charge in [0, 0.05) is 6.42 Å². The van der Waals surface area contributed by atoms with Crippen LogP contribution in [0.2, 0.25) is 0 Å². The molecule has 1 aliphatic heterocycles. The Morgan fingerprint density at radius 1 is 1.39 bits per heavy atom. The molecule has 1 aromatic rings. The molecule has 1 aliphatic rings. The molecule has 0 radical (unpaired) electrons. The van der Waals surface area contributed by atoms with E-state index in [0.717, 1.165) is 17.5 Å². The van der Waals surface area contributed by atoms with Gasteiger partial charge in [-0.15, -0.1) is 0 Å². The molecule has 0 atom stereocenters. The van der Waals surface area contributed by atoms with Crippen molar-refractivity contribution in [2.24, 2.45) is 0 Å². The number of aryl methyl sites for hydroxylation is 1. The van der Waals surface area contributed by atoms with Crippen molar-refractivity contribution in [2.75, 3.05) is 20.3 Å². The quantitative estimate of drug-likeness (QED) is 0.770. The first-order valence-corrected chi connectivity index (χ1v) is 6.12. The summed E-state index contributed by atoms with van der Waals surface area (Å²) in [5, 5.41) is 0. The van der Waals surface area contributed by atoms with E-state index in [9.17, 15) is 4.79 Å². The van der Waals surface area contributed by atoms with Crippen LogP contribution in [-0.2, 0) is 20.6 Å². The van der Waals surface area contributed by atoms with E-state index in [0.29, 0.717) is 25.2 Å². The number of carbonyl (C=O) groups is 1. The summed E-state index contributed by atoms with van der Waals surface area (Å²) in [5.41, 5.74) is 2.60. The SMILES string of the molecule is COC(=O)c1ccc(C)cc1CC1OCCCO1. The number of hydrogen-bond donors (Lipinski definition) is 0. The molecule has 98 valence electrons. The van der Waals surface area contributed by atoms with E-state index in [1.54, 1.807) is 6.07 Å². The maximum absolute atomic E-state index is 11.7. The summed E-state index contributed by atoms with van der Waals surface area (Å²) in [6.45, 7) is 3.42. The second kappa shape index (κ2) is 5.98. The van der Waals surface area contributed by atoms with Crippen molar-refractivity contribution in [1.29, 1.82) is 0 Å². The highest BCUT2D eigenvalue weighted by Gasteiger charge is 2.19. The van der Waals surface area contributed by atoms with Gasteiger partial charge >= 0.3 is 5.97 Å². The molecule has 1 fully saturated rings. The highest BCUT2D eigenvalue weighted by atomic mass is 16.7. The molecule has 4 nitrogen and oxygen atoms in total. The van der Waals surface area contributed by atoms with Crippen molar-refractivity contribution in [2.45, 2.75) is 26.1 Å². The van der Waals surface area contributed by atoms with Gasteiger partial charge in [0.2, 0.25) is 0 Å². The van der Waals surface area contributed by atoms with Gasteiger partial charge in [-0.2, -0.15) is 0 Å². The smallest absolute Gasteiger partial charge is 0.338 e. The largest absolute Gasteiger partial charge is 0.465 e. The van der Waals surface area contributed by atoms with Crippen LogP contribution in [0.4, 0.5) is 0 Å². The Morgan fingerprint density at radius 2 is 2.11 bits per heavy atom. The topological polar surface area (TPSA) is 44.8 Å². The number of rotatable bonds is 3. The number of ether oxygens (including phenoxy) is 3. The van der Waals surface area contributed by atoms with Gasteiger partial charge in [0.05, 0.1) is 25.9 Å². The van der Waals surface area contributed by atoms with Crippen LogP contribution in [0, 0.1) is 6.92 Å². The van der Waals surface area contributed by atoms with Gasteiger partial charge in [-0.05, 0) is 25.0 Å². The maximum Gasteiger partial charge on any atom is 0.338 e. The molecular weight excluding hydrogens is 232 g/mol. The summed E-state index contributed by atoms with van der Waals surface area (Å²) in [7, 11) is 1.39. The normalized spacial score (nSPS) is 16.6. The summed E-state index contributed by atoms with van der Waals surface area (Å²) in [6, 6.07) is 5.67. The van der Waals surface area contributed by atoms with Crippen molar-refractivity contribution in [3.63, 3.8) is 0 Å². The van der Waals surface area contributed by atoms with Gasteiger partial charge in [0.15, 0.2) is 6.29 Å². The molecule has 0 amide bonds. The molecule has 0 bridgehead atoms. The van der Waals surface area contributed by atoms with Crippen molar-refractivity contribution in [1.82, 2.24) is 0 Å². The maximum atomic E-state index is 11.7. The molecule has 18 heavy (non-hydrogen) atoms. The predicted molar refractivity (Wildman–Crippen MR) is 66.5 cm³/mol. The number of carbonyl (C=O) groups excluding carboxylic acids is 1. The lowest BCUT2D eigenvalue weighted by Gasteiger charge is -2.24. The molecule has 1 saturated heterocycles. The molecule has 1 heterocycles. The van der Waals surface area contributed by atoms with Crippen molar-refractivity contribution >= 4 is 5.97 Å². The van der Waals surface area contributed by atoms with E-state index >= 15 is 0 Å². The fourth-order valence-electron chi connectivity index (χ4n) is 2.03. The summed E-state index contributed by atoms with van der Waals surface area (Å²) < 4.78 is 15.8. The number of esters is 1. The Hall–Kier alpha value is -1.39. The van der Waals surface area contributed by atoms with E-state index in [2.05, 4.69) is 0 Å². The second-order valence-corrected chi connectivity index (χ2v) is 4.38. The van der Waals surface area contributed by atoms with Crippen molar-refractivity contribution < 1.29 is 19.0 Å². The first kappa shape index (κ1) is 13.1. The number of methoxy groups -OCH3 is 1. The molecule has 0 aliphatic carbocycles. The molecule has 1 aromatic carbocycles. The fraction of sp³-hybridized carbons (Fsp3) is 0.500. The van der Waals surface area contributed by atoms with Crippen LogP contribution < -0.4 is 0 Å². The van der Waals surface area contributed by atoms with Crippen LogP contribution >= 0.6 is 0 Å². The summed E-state index contributed by atoms with van der Waals surface area (Å²) in [6.07, 6.45) is 1.24. The molecule has 0 unspecified atom stereocenters. The highest BCUT2D eigenvalue weighted by Crippen LogP contribution is 2.18. The van der Waals surface area contributed by atoms with E-state index in [1.807, 2.05) is 19.1 Å². The van der Waals surface area contributed by atoms with Gasteiger partial charge in [-0.25, -0.2) is 4.79 Å². The van der Waals surface area contributed by atoms with E-state index in [4.69, 9.17) is 14.2 Å². The second-order valence-electron chi connectivity index (χ2n) is 4.38. The molecule has 0 N–H and O–H groups in total. The summed E-state index contributed by atoms with van der Waals surface area (Å²) >= 11 is 0. The third-order valence-electron chi connectivity index (χ3n) is 2.95. The zero-order valence-corrected chi connectivity index (χ0v) is 10.8. The Labute approximate surface area is 107 Å². The van der Waals surface area contributed by atoms with Crippen LogP contribution in [0.5, 0.6) is 0 Å². The fourth-order valence-corrected chi connectivity index (χ4v) is 2.03.